The van der Waals surface area contributed by atoms with E-state index in [0.717, 1.165) is 0 Å². The Balaban J connectivity index is 2.35. The monoisotopic (exact) mass is 303 g/mol. The van der Waals surface area contributed by atoms with Crippen molar-refractivity contribution in [3.63, 3.8) is 0 Å². The molecule has 1 aromatic carbocycles. The van der Waals surface area contributed by atoms with Gasteiger partial charge in [0.25, 0.3) is 0 Å². The first kappa shape index (κ1) is 11.7. The molecule has 16 heavy (non-hydrogen) atoms. The van der Waals surface area contributed by atoms with Crippen LogP contribution in [0.25, 0.3) is 0 Å². The number of amides is 1. The van der Waals surface area contributed by atoms with E-state index in [1.807, 2.05) is 0 Å². The third-order valence-corrected chi connectivity index (χ3v) is 3.45. The molecule has 1 amide bonds. The average molecular weight is 305 g/mol. The highest BCUT2D eigenvalue weighted by molar-refractivity contribution is 9.09. The summed E-state index contributed by atoms with van der Waals surface area (Å²) < 4.78 is 5.12. The first-order chi connectivity index (χ1) is 7.61. The Bertz CT molecular complexity index is 424. The van der Waals surface area contributed by atoms with Gasteiger partial charge >= 0.3 is 0 Å². The molecule has 1 heterocycles. The molecule has 1 unspecified atom stereocenters. The molecule has 2 rings (SSSR count). The van der Waals surface area contributed by atoms with Crippen molar-refractivity contribution >= 4 is 39.1 Å². The van der Waals surface area contributed by atoms with E-state index in [1.165, 1.54) is 0 Å². The molecule has 0 radical (unpaired) electrons. The number of carbonyl (C=O) groups excluding carboxylic acids is 1. The first-order valence-electron chi connectivity index (χ1n) is 4.90. The van der Waals surface area contributed by atoms with Crippen LogP contribution in [0.3, 0.4) is 0 Å². The fourth-order valence-electron chi connectivity index (χ4n) is 1.72. The topological polar surface area (TPSA) is 29.5 Å². The first-order valence-corrected chi connectivity index (χ1v) is 6.19. The summed E-state index contributed by atoms with van der Waals surface area (Å²) in [5.41, 5.74) is 0.716. The molecule has 1 fully saturated rings. The minimum Gasteiger partial charge on any atom is -0.497 e. The Hall–Kier alpha value is -0.740. The number of rotatable bonds is 2. The Kier molecular flexibility index (Phi) is 3.40. The quantitative estimate of drug-likeness (QED) is 0.786. The molecule has 1 saturated heterocycles. The molecule has 0 bridgehead atoms. The van der Waals surface area contributed by atoms with Gasteiger partial charge in [0.05, 0.1) is 17.8 Å². The van der Waals surface area contributed by atoms with E-state index in [2.05, 4.69) is 15.9 Å². The van der Waals surface area contributed by atoms with Gasteiger partial charge in [0.2, 0.25) is 5.91 Å². The summed E-state index contributed by atoms with van der Waals surface area (Å²) >= 11 is 9.52. The minimum atomic E-state index is 0.0806. The Morgan fingerprint density at radius 1 is 1.56 bits per heavy atom. The fraction of sp³-hybridized carbons (Fsp3) is 0.364. The molecule has 0 saturated carbocycles. The van der Waals surface area contributed by atoms with Crippen molar-refractivity contribution in [1.82, 2.24) is 0 Å². The van der Waals surface area contributed by atoms with E-state index in [1.54, 1.807) is 30.2 Å². The zero-order valence-corrected chi connectivity index (χ0v) is 11.1. The summed E-state index contributed by atoms with van der Waals surface area (Å²) in [6.45, 7) is 0.645. The van der Waals surface area contributed by atoms with Crippen molar-refractivity contribution in [2.24, 2.45) is 0 Å². The summed E-state index contributed by atoms with van der Waals surface area (Å²) in [6, 6.07) is 5.30. The Morgan fingerprint density at radius 3 is 2.88 bits per heavy atom. The van der Waals surface area contributed by atoms with Gasteiger partial charge in [0, 0.05) is 23.9 Å². The van der Waals surface area contributed by atoms with E-state index >= 15 is 0 Å². The molecule has 3 nitrogen and oxygen atoms in total. The van der Waals surface area contributed by atoms with E-state index in [4.69, 9.17) is 16.3 Å². The summed E-state index contributed by atoms with van der Waals surface area (Å²) in [5, 5.41) is 0.566. The third-order valence-electron chi connectivity index (χ3n) is 2.52. The predicted molar refractivity (Wildman–Crippen MR) is 67.7 cm³/mol. The zero-order valence-electron chi connectivity index (χ0n) is 8.74. The number of hydrogen-bond donors (Lipinski definition) is 0. The minimum absolute atomic E-state index is 0.0806. The normalized spacial score (nSPS) is 20.3. The van der Waals surface area contributed by atoms with Gasteiger partial charge in [-0.2, -0.15) is 0 Å². The van der Waals surface area contributed by atoms with Crippen LogP contribution in [0.4, 0.5) is 5.69 Å². The molecule has 1 aliphatic heterocycles. The number of benzene rings is 1. The maximum atomic E-state index is 11.7. The second-order valence-electron chi connectivity index (χ2n) is 3.62. The van der Waals surface area contributed by atoms with Crippen molar-refractivity contribution in [3.05, 3.63) is 23.2 Å². The van der Waals surface area contributed by atoms with E-state index < -0.39 is 0 Å². The molecular formula is C11H11BrClNO2. The standard InChI is InChI=1S/C11H11BrClNO2/c1-16-8-2-3-9(13)10(5-8)14-6-7(12)4-11(14)15/h2-3,5,7H,4,6H2,1H3. The highest BCUT2D eigenvalue weighted by Crippen LogP contribution is 2.33. The highest BCUT2D eigenvalue weighted by atomic mass is 79.9. The molecule has 0 spiro atoms. The third kappa shape index (κ3) is 2.18. The van der Waals surface area contributed by atoms with Crippen LogP contribution in [0.2, 0.25) is 5.02 Å². The Labute approximate surface area is 107 Å². The fourth-order valence-corrected chi connectivity index (χ4v) is 2.51. The van der Waals surface area contributed by atoms with Gasteiger partial charge in [-0.05, 0) is 12.1 Å². The highest BCUT2D eigenvalue weighted by Gasteiger charge is 2.30. The van der Waals surface area contributed by atoms with Gasteiger partial charge in [0.15, 0.2) is 0 Å². The van der Waals surface area contributed by atoms with Gasteiger partial charge in [-0.15, -0.1) is 0 Å². The Morgan fingerprint density at radius 2 is 2.31 bits per heavy atom. The molecule has 1 aliphatic rings. The van der Waals surface area contributed by atoms with Gasteiger partial charge in [-0.25, -0.2) is 0 Å². The molecule has 0 N–H and O–H groups in total. The van der Waals surface area contributed by atoms with E-state index in [9.17, 15) is 4.79 Å². The van der Waals surface area contributed by atoms with Crippen molar-refractivity contribution in [2.45, 2.75) is 11.2 Å². The average Bonchev–Trinajstić information content (AvgIpc) is 2.58. The summed E-state index contributed by atoms with van der Waals surface area (Å²) in [5.74, 6) is 0.780. The molecule has 1 atom stereocenters. The van der Waals surface area contributed by atoms with Crippen LogP contribution in [-0.2, 0) is 4.79 Å². The lowest BCUT2D eigenvalue weighted by molar-refractivity contribution is -0.117. The molecular weight excluding hydrogens is 293 g/mol. The van der Waals surface area contributed by atoms with E-state index in [0.29, 0.717) is 29.4 Å². The lowest BCUT2D eigenvalue weighted by atomic mass is 10.2. The van der Waals surface area contributed by atoms with Crippen LogP contribution in [0.1, 0.15) is 6.42 Å². The summed E-state index contributed by atoms with van der Waals surface area (Å²) in [7, 11) is 1.59. The van der Waals surface area contributed by atoms with Gasteiger partial charge in [0.1, 0.15) is 5.75 Å². The number of nitrogens with zero attached hydrogens (tertiary/aromatic N) is 1. The lowest BCUT2D eigenvalue weighted by Crippen LogP contribution is -2.24. The van der Waals surface area contributed by atoms with Crippen molar-refractivity contribution in [2.75, 3.05) is 18.6 Å². The molecule has 1 aromatic rings. The number of anilines is 1. The number of alkyl halides is 1. The van der Waals surface area contributed by atoms with Gasteiger partial charge < -0.3 is 9.64 Å². The van der Waals surface area contributed by atoms with Crippen LogP contribution < -0.4 is 9.64 Å². The number of methoxy groups -OCH3 is 1. The number of halogens is 2. The maximum absolute atomic E-state index is 11.7. The van der Waals surface area contributed by atoms with Crippen LogP contribution in [-0.4, -0.2) is 24.4 Å². The van der Waals surface area contributed by atoms with Crippen LogP contribution in [0.15, 0.2) is 18.2 Å². The van der Waals surface area contributed by atoms with Crippen molar-refractivity contribution in [3.8, 4) is 5.75 Å². The van der Waals surface area contributed by atoms with Crippen LogP contribution >= 0.6 is 27.5 Å². The van der Waals surface area contributed by atoms with E-state index in [-0.39, 0.29) is 10.7 Å². The maximum Gasteiger partial charge on any atom is 0.228 e. The van der Waals surface area contributed by atoms with Gasteiger partial charge in [-0.3, -0.25) is 4.79 Å². The smallest absolute Gasteiger partial charge is 0.228 e. The summed E-state index contributed by atoms with van der Waals surface area (Å²) in [6.07, 6.45) is 0.507. The number of carbonyl (C=O) groups is 1. The van der Waals surface area contributed by atoms with Crippen LogP contribution in [0.5, 0.6) is 5.75 Å². The second kappa shape index (κ2) is 4.63. The molecule has 0 aromatic heterocycles. The molecule has 86 valence electrons. The van der Waals surface area contributed by atoms with Crippen molar-refractivity contribution in [1.29, 1.82) is 0 Å². The van der Waals surface area contributed by atoms with Gasteiger partial charge in [-0.1, -0.05) is 27.5 Å². The summed E-state index contributed by atoms with van der Waals surface area (Å²) in [4.78, 5) is 13.6. The largest absolute Gasteiger partial charge is 0.497 e. The second-order valence-corrected chi connectivity index (χ2v) is 5.33. The van der Waals surface area contributed by atoms with Crippen LogP contribution in [0, 0.1) is 0 Å². The van der Waals surface area contributed by atoms with Crippen molar-refractivity contribution < 1.29 is 9.53 Å². The predicted octanol–water partition coefficient (Wildman–Crippen LogP) is 2.85. The number of hydrogen-bond acceptors (Lipinski definition) is 2. The zero-order chi connectivity index (χ0) is 11.7. The lowest BCUT2D eigenvalue weighted by Gasteiger charge is -2.18. The molecule has 0 aliphatic carbocycles. The number of ether oxygens (including phenoxy) is 1. The SMILES string of the molecule is COc1ccc(Cl)c(N2CC(Br)CC2=O)c1. The molecule has 5 heteroatoms.